The van der Waals surface area contributed by atoms with Gasteiger partial charge in [-0.2, -0.15) is 4.98 Å². The van der Waals surface area contributed by atoms with E-state index in [9.17, 15) is 9.13 Å². The van der Waals surface area contributed by atoms with Gasteiger partial charge < -0.3 is 25.3 Å². The van der Waals surface area contributed by atoms with E-state index in [1.165, 1.54) is 6.20 Å². The quantitative estimate of drug-likeness (QED) is 0.0574. The van der Waals surface area contributed by atoms with Gasteiger partial charge in [0.05, 0.1) is 14.6 Å². The van der Waals surface area contributed by atoms with Crippen molar-refractivity contribution in [2.24, 2.45) is 0 Å². The van der Waals surface area contributed by atoms with Crippen molar-refractivity contribution >= 4 is 131 Å². The summed E-state index contributed by atoms with van der Waals surface area (Å²) in [6.45, 7) is 9.32. The van der Waals surface area contributed by atoms with Crippen LogP contribution in [0.25, 0.3) is 21.1 Å². The molecule has 0 bridgehead atoms. The van der Waals surface area contributed by atoms with Crippen LogP contribution in [0.3, 0.4) is 0 Å². The van der Waals surface area contributed by atoms with Crippen LogP contribution in [0.2, 0.25) is 15.7 Å². The zero-order valence-corrected chi connectivity index (χ0v) is 38.5. The number of thiazole rings is 2. The number of nitrogens with two attached hydrogens (primary N) is 1. The van der Waals surface area contributed by atoms with Crippen LogP contribution in [-0.2, 0) is 9.13 Å². The Labute approximate surface area is 354 Å². The SMILES string of the molecule is CCCCO.CP(C)(=O)c1cc(-c2nccs2)ccc1N.CP(C)(=O)c1cc(-c2nccs2)ccc1Nc1nc(Cl)ncc1Br.Clc1ncc(Br)c(Cl)n1. The molecule has 6 aromatic rings. The van der Waals surface area contributed by atoms with Gasteiger partial charge in [0.2, 0.25) is 10.6 Å². The lowest BCUT2D eigenvalue weighted by atomic mass is 10.2. The Hall–Kier alpha value is -2.29. The first-order valence-corrected chi connectivity index (χ1v) is 25.5. The van der Waals surface area contributed by atoms with Crippen LogP contribution < -0.4 is 21.7 Å². The topological polar surface area (TPSA) is 170 Å². The smallest absolute Gasteiger partial charge is 0.224 e. The second kappa shape index (κ2) is 21.9. The Kier molecular flexibility index (Phi) is 18.7. The number of hydrogen-bond acceptors (Lipinski definition) is 13. The fraction of sp³-hybridized carbons (Fsp3) is 0.235. The van der Waals surface area contributed by atoms with Crippen molar-refractivity contribution < 1.29 is 14.2 Å². The van der Waals surface area contributed by atoms with Crippen LogP contribution in [0, 0.1) is 0 Å². The van der Waals surface area contributed by atoms with Crippen LogP contribution in [-0.4, -0.2) is 68.3 Å². The van der Waals surface area contributed by atoms with Crippen molar-refractivity contribution in [1.82, 2.24) is 29.9 Å². The molecule has 4 heterocycles. The molecule has 4 aromatic heterocycles. The number of unbranched alkanes of at least 4 members (excludes halogenated alkanes) is 1. The fourth-order valence-electron chi connectivity index (χ4n) is 4.14. The monoisotopic (exact) mass is 994 g/mol. The first-order valence-electron chi connectivity index (χ1n) is 15.8. The highest BCUT2D eigenvalue weighted by Crippen LogP contribution is 2.41. The number of rotatable bonds is 8. The molecule has 0 aliphatic rings. The zero-order chi connectivity index (χ0) is 40.1. The minimum Gasteiger partial charge on any atom is -0.398 e. The number of hydrogen-bond donors (Lipinski definition) is 3. The number of benzene rings is 2. The van der Waals surface area contributed by atoms with Crippen molar-refractivity contribution in [2.75, 3.05) is 44.3 Å². The maximum absolute atomic E-state index is 12.8. The Morgan fingerprint density at radius 1 is 0.778 bits per heavy atom. The summed E-state index contributed by atoms with van der Waals surface area (Å²) in [6, 6.07) is 11.3. The summed E-state index contributed by atoms with van der Waals surface area (Å²) in [6.07, 6.45) is 8.61. The second-order valence-corrected chi connectivity index (χ2v) is 22.6. The Morgan fingerprint density at radius 3 is 1.74 bits per heavy atom. The van der Waals surface area contributed by atoms with Crippen LogP contribution in [0.4, 0.5) is 17.2 Å². The minimum atomic E-state index is -2.53. The summed E-state index contributed by atoms with van der Waals surface area (Å²) in [5.41, 5.74) is 9.07. The first kappa shape index (κ1) is 46.1. The number of halogens is 5. The number of aliphatic hydroxyl groups is 1. The highest BCUT2D eigenvalue weighted by atomic mass is 79.9. The third-order valence-electron chi connectivity index (χ3n) is 6.70. The van der Waals surface area contributed by atoms with Gasteiger partial charge in [-0.3, -0.25) is 0 Å². The molecule has 0 spiro atoms. The van der Waals surface area contributed by atoms with E-state index in [1.54, 1.807) is 74.0 Å². The minimum absolute atomic E-state index is 0.137. The Bertz CT molecular complexity index is 2210. The predicted octanol–water partition coefficient (Wildman–Crippen LogP) is 11.0. The van der Waals surface area contributed by atoms with Crippen molar-refractivity contribution in [3.63, 3.8) is 0 Å². The normalized spacial score (nSPS) is 10.9. The van der Waals surface area contributed by atoms with Gasteiger partial charge in [0.25, 0.3) is 0 Å². The van der Waals surface area contributed by atoms with E-state index < -0.39 is 14.3 Å². The van der Waals surface area contributed by atoms with Gasteiger partial charge in [-0.05, 0) is 125 Å². The van der Waals surface area contributed by atoms with Gasteiger partial charge in [0.1, 0.15) is 35.3 Å². The maximum atomic E-state index is 12.8. The van der Waals surface area contributed by atoms with E-state index >= 15 is 0 Å². The first-order chi connectivity index (χ1) is 25.4. The molecule has 0 aliphatic carbocycles. The van der Waals surface area contributed by atoms with Gasteiger partial charge in [-0.25, -0.2) is 24.9 Å². The van der Waals surface area contributed by atoms with Crippen molar-refractivity contribution in [1.29, 1.82) is 0 Å². The molecule has 0 amide bonds. The average Bonchev–Trinajstić information content (AvgIpc) is 3.85. The molecule has 6 rings (SSSR count). The van der Waals surface area contributed by atoms with Gasteiger partial charge >= 0.3 is 0 Å². The third kappa shape index (κ3) is 14.7. The standard InChI is InChI=1S/C15H13BrClN4OPS.C11H13N2OPS.C4HBrCl2N2.C4H10O/c1-23(2,22)12-7-9(14-18-5-6-24-14)3-4-11(12)20-13-10(16)8-19-15(17)21-13;1-15(2,14)10-7-8(3-4-9(10)12)11-13-5-6-16-11;5-2-1-8-4(7)9-3(2)6;1-2-3-4-5/h3-8H,1-2H3,(H,19,20,21);3-7H,12H2,1-2H3;1H;5H,2-4H2,1H3. The second-order valence-electron chi connectivity index (χ2n) is 11.7. The van der Waals surface area contributed by atoms with Crippen LogP contribution >= 0.6 is 104 Å². The highest BCUT2D eigenvalue weighted by molar-refractivity contribution is 9.11. The Balaban J connectivity index is 0.000000223. The van der Waals surface area contributed by atoms with Crippen molar-refractivity contribution in [2.45, 2.75) is 19.8 Å². The van der Waals surface area contributed by atoms with E-state index in [1.807, 2.05) is 41.1 Å². The highest BCUT2D eigenvalue weighted by Gasteiger charge is 2.20. The summed E-state index contributed by atoms with van der Waals surface area (Å²) in [7, 11) is -4.86. The van der Waals surface area contributed by atoms with E-state index in [4.69, 9.17) is 45.6 Å². The van der Waals surface area contributed by atoms with Gasteiger partial charge in [-0.15, -0.1) is 22.7 Å². The van der Waals surface area contributed by atoms with Gasteiger partial charge in [-0.1, -0.05) is 24.9 Å². The van der Waals surface area contributed by atoms with Crippen LogP contribution in [0.1, 0.15) is 19.8 Å². The largest absolute Gasteiger partial charge is 0.398 e. The molecule has 0 radical (unpaired) electrons. The molecule has 0 atom stereocenters. The third-order valence-corrected chi connectivity index (χ3v) is 13.5. The summed E-state index contributed by atoms with van der Waals surface area (Å²) in [5, 5.41) is 19.0. The molecule has 288 valence electrons. The lowest BCUT2D eigenvalue weighted by Gasteiger charge is -2.16. The Morgan fingerprint density at radius 2 is 1.30 bits per heavy atom. The molecule has 54 heavy (non-hydrogen) atoms. The number of nitrogens with zero attached hydrogens (tertiary/aromatic N) is 6. The molecule has 11 nitrogen and oxygen atoms in total. The molecule has 0 saturated heterocycles. The lowest BCUT2D eigenvalue weighted by molar-refractivity contribution is 0.287. The van der Waals surface area contributed by atoms with E-state index in [0.717, 1.165) is 50.3 Å². The average molecular weight is 998 g/mol. The number of anilines is 3. The molecule has 2 aromatic carbocycles. The van der Waals surface area contributed by atoms with E-state index in [0.29, 0.717) is 32.2 Å². The molecule has 20 heteroatoms. The number of nitrogens with one attached hydrogen (secondary N) is 1. The van der Waals surface area contributed by atoms with Gasteiger partial charge in [0.15, 0.2) is 0 Å². The fourth-order valence-corrected chi connectivity index (χ4v) is 8.63. The van der Waals surface area contributed by atoms with E-state index in [2.05, 4.69) is 74.0 Å². The number of nitrogen functional groups attached to an aromatic ring is 1. The van der Waals surface area contributed by atoms with Crippen LogP contribution in [0.5, 0.6) is 0 Å². The van der Waals surface area contributed by atoms with Gasteiger partial charge in [0, 0.05) is 69.6 Å². The number of aliphatic hydroxyl groups excluding tert-OH is 1. The summed E-state index contributed by atoms with van der Waals surface area (Å²) in [5.74, 6) is 0.520. The molecule has 0 aliphatic heterocycles. The van der Waals surface area contributed by atoms with E-state index in [-0.39, 0.29) is 10.6 Å². The summed E-state index contributed by atoms with van der Waals surface area (Å²) in [4.78, 5) is 23.9. The summed E-state index contributed by atoms with van der Waals surface area (Å²) < 4.78 is 26.2. The summed E-state index contributed by atoms with van der Waals surface area (Å²) >= 11 is 26.4. The molecular weight excluding hydrogens is 961 g/mol. The lowest BCUT2D eigenvalue weighted by Crippen LogP contribution is -2.11. The zero-order valence-electron chi connectivity index (χ0n) is 29.7. The van der Waals surface area contributed by atoms with Crippen LogP contribution in [0.15, 0.2) is 80.9 Å². The predicted molar refractivity (Wildman–Crippen MR) is 237 cm³/mol. The molecular formula is C34H37Br2Cl3N8O3P2S2. The molecule has 4 N–H and O–H groups in total. The van der Waals surface area contributed by atoms with Crippen molar-refractivity contribution in [3.05, 3.63) is 96.6 Å². The van der Waals surface area contributed by atoms with Crippen molar-refractivity contribution in [3.8, 4) is 21.1 Å². The molecule has 0 saturated carbocycles. The number of aromatic nitrogens is 6. The molecule has 0 unspecified atom stereocenters. The molecule has 0 fully saturated rings. The maximum Gasteiger partial charge on any atom is 0.224 e.